The number of rotatable bonds is 2. The van der Waals surface area contributed by atoms with Crippen LogP contribution < -0.4 is 5.32 Å². The quantitative estimate of drug-likeness (QED) is 0.785. The van der Waals surface area contributed by atoms with Crippen molar-refractivity contribution >= 4 is 17.3 Å². The highest BCUT2D eigenvalue weighted by Crippen LogP contribution is 2.41. The molecule has 0 aliphatic heterocycles. The molecule has 1 N–H and O–H groups in total. The normalized spacial score (nSPS) is 30.7. The average Bonchev–Trinajstić information content (AvgIpc) is 2.43. The van der Waals surface area contributed by atoms with Gasteiger partial charge in [0.05, 0.1) is 11.9 Å². The Labute approximate surface area is 121 Å². The number of anilines is 1. The summed E-state index contributed by atoms with van der Waals surface area (Å²) in [6.45, 7) is 2.01. The van der Waals surface area contributed by atoms with Gasteiger partial charge in [-0.3, -0.25) is 0 Å². The van der Waals surface area contributed by atoms with Gasteiger partial charge in [0.1, 0.15) is 5.15 Å². The zero-order valence-corrected chi connectivity index (χ0v) is 12.4. The van der Waals surface area contributed by atoms with E-state index in [1.165, 1.54) is 44.9 Å². The number of nitrogens with zero attached hydrogens (tertiary/aromatic N) is 1. The summed E-state index contributed by atoms with van der Waals surface area (Å²) in [5.74, 6) is 1.97. The summed E-state index contributed by atoms with van der Waals surface area (Å²) in [6, 6.07) is 2.74. The molecule has 0 radical (unpaired) electrons. The van der Waals surface area contributed by atoms with Crippen molar-refractivity contribution in [2.75, 3.05) is 5.32 Å². The number of fused-ring (bicyclic) bond motifs is 1. The van der Waals surface area contributed by atoms with E-state index in [2.05, 4.69) is 16.4 Å². The Balaban J connectivity index is 1.62. The molecule has 2 nitrogen and oxygen atoms in total. The average molecular weight is 279 g/mol. The van der Waals surface area contributed by atoms with Crippen LogP contribution in [0.5, 0.6) is 0 Å². The first-order chi connectivity index (χ1) is 9.22. The van der Waals surface area contributed by atoms with Crippen molar-refractivity contribution in [1.29, 1.82) is 0 Å². The Morgan fingerprint density at radius 1 is 1.16 bits per heavy atom. The Hall–Kier alpha value is -0.760. The van der Waals surface area contributed by atoms with Gasteiger partial charge in [-0.1, -0.05) is 37.3 Å². The molecule has 0 spiro atoms. The van der Waals surface area contributed by atoms with Crippen molar-refractivity contribution in [3.05, 3.63) is 23.0 Å². The number of nitrogens with one attached hydrogen (secondary N) is 1. The lowest BCUT2D eigenvalue weighted by atomic mass is 9.69. The van der Waals surface area contributed by atoms with Gasteiger partial charge in [0.2, 0.25) is 0 Å². The van der Waals surface area contributed by atoms with Gasteiger partial charge in [0.25, 0.3) is 0 Å². The molecule has 2 saturated carbocycles. The SMILES string of the molecule is Cc1cc(NC2CCC3CCCCC3C2)cnc1Cl. The minimum Gasteiger partial charge on any atom is -0.381 e. The van der Waals surface area contributed by atoms with Crippen LogP contribution in [0.1, 0.15) is 50.5 Å². The highest BCUT2D eigenvalue weighted by atomic mass is 35.5. The molecule has 3 rings (SSSR count). The Morgan fingerprint density at radius 3 is 2.74 bits per heavy atom. The minimum absolute atomic E-state index is 0.613. The lowest BCUT2D eigenvalue weighted by molar-refractivity contribution is 0.162. The molecule has 3 atom stereocenters. The van der Waals surface area contributed by atoms with Crippen LogP contribution >= 0.6 is 11.6 Å². The monoisotopic (exact) mass is 278 g/mol. The zero-order chi connectivity index (χ0) is 13.2. The van der Waals surface area contributed by atoms with Crippen LogP contribution in [-0.2, 0) is 0 Å². The third-order valence-electron chi connectivity index (χ3n) is 4.92. The van der Waals surface area contributed by atoms with Gasteiger partial charge >= 0.3 is 0 Å². The summed E-state index contributed by atoms with van der Waals surface area (Å²) in [5.41, 5.74) is 2.18. The van der Waals surface area contributed by atoms with Gasteiger partial charge in [-0.25, -0.2) is 4.98 Å². The Kier molecular flexibility index (Phi) is 3.97. The standard InChI is InChI=1S/C16H23ClN2/c1-11-8-15(10-18-16(11)17)19-14-7-6-12-4-2-3-5-13(12)9-14/h8,10,12-14,19H,2-7,9H2,1H3. The molecule has 19 heavy (non-hydrogen) atoms. The molecule has 2 fully saturated rings. The molecule has 3 heteroatoms. The van der Waals surface area contributed by atoms with Gasteiger partial charge in [0.15, 0.2) is 0 Å². The maximum absolute atomic E-state index is 5.98. The number of hydrogen-bond acceptors (Lipinski definition) is 2. The molecule has 3 unspecified atom stereocenters. The minimum atomic E-state index is 0.613. The number of halogens is 1. The number of aromatic nitrogens is 1. The van der Waals surface area contributed by atoms with Crippen LogP contribution in [0.3, 0.4) is 0 Å². The van der Waals surface area contributed by atoms with E-state index >= 15 is 0 Å². The highest BCUT2D eigenvalue weighted by molar-refractivity contribution is 6.30. The van der Waals surface area contributed by atoms with Crippen LogP contribution in [0.25, 0.3) is 0 Å². The van der Waals surface area contributed by atoms with Gasteiger partial charge < -0.3 is 5.32 Å². The Bertz CT molecular complexity index is 446. The summed E-state index contributed by atoms with van der Waals surface area (Å²) in [6.07, 6.45) is 11.7. The van der Waals surface area contributed by atoms with Crippen LogP contribution in [0, 0.1) is 18.8 Å². The third kappa shape index (κ3) is 3.05. The van der Waals surface area contributed by atoms with Crippen molar-refractivity contribution in [3.8, 4) is 0 Å². The second-order valence-corrected chi connectivity index (χ2v) is 6.65. The molecule has 0 saturated heterocycles. The maximum Gasteiger partial charge on any atom is 0.132 e. The van der Waals surface area contributed by atoms with Gasteiger partial charge in [-0.2, -0.15) is 0 Å². The molecule has 2 aliphatic rings. The van der Waals surface area contributed by atoms with Crippen LogP contribution in [-0.4, -0.2) is 11.0 Å². The summed E-state index contributed by atoms with van der Waals surface area (Å²) in [4.78, 5) is 4.23. The molecule has 0 amide bonds. The first kappa shape index (κ1) is 13.2. The van der Waals surface area contributed by atoms with Gasteiger partial charge in [-0.15, -0.1) is 0 Å². The predicted octanol–water partition coefficient (Wildman–Crippen LogP) is 4.81. The smallest absolute Gasteiger partial charge is 0.132 e. The number of hydrogen-bond donors (Lipinski definition) is 1. The molecule has 0 bridgehead atoms. The van der Waals surface area contributed by atoms with E-state index < -0.39 is 0 Å². The fraction of sp³-hybridized carbons (Fsp3) is 0.688. The summed E-state index contributed by atoms with van der Waals surface area (Å²) in [5, 5.41) is 4.27. The molecule has 1 aromatic heterocycles. The second kappa shape index (κ2) is 5.70. The first-order valence-corrected chi connectivity index (χ1v) is 7.99. The van der Waals surface area contributed by atoms with Crippen LogP contribution in [0.4, 0.5) is 5.69 Å². The summed E-state index contributed by atoms with van der Waals surface area (Å²) < 4.78 is 0. The summed E-state index contributed by atoms with van der Waals surface area (Å²) in [7, 11) is 0. The van der Waals surface area contributed by atoms with E-state index in [-0.39, 0.29) is 0 Å². The van der Waals surface area contributed by atoms with E-state index in [1.807, 2.05) is 13.1 Å². The molecular formula is C16H23ClN2. The fourth-order valence-corrected chi connectivity index (χ4v) is 3.98. The van der Waals surface area contributed by atoms with E-state index in [9.17, 15) is 0 Å². The van der Waals surface area contributed by atoms with Crippen molar-refractivity contribution in [2.24, 2.45) is 11.8 Å². The van der Waals surface area contributed by atoms with E-state index in [0.717, 1.165) is 23.1 Å². The predicted molar refractivity (Wildman–Crippen MR) is 80.7 cm³/mol. The highest BCUT2D eigenvalue weighted by Gasteiger charge is 2.31. The van der Waals surface area contributed by atoms with E-state index in [4.69, 9.17) is 11.6 Å². The van der Waals surface area contributed by atoms with Gasteiger partial charge in [-0.05, 0) is 49.7 Å². The summed E-state index contributed by atoms with van der Waals surface area (Å²) >= 11 is 5.98. The van der Waals surface area contributed by atoms with Crippen molar-refractivity contribution < 1.29 is 0 Å². The zero-order valence-electron chi connectivity index (χ0n) is 11.7. The number of pyridine rings is 1. The number of aryl methyl sites for hydroxylation is 1. The fourth-order valence-electron chi connectivity index (χ4n) is 3.88. The van der Waals surface area contributed by atoms with Crippen LogP contribution in [0.15, 0.2) is 12.3 Å². The largest absolute Gasteiger partial charge is 0.381 e. The molecule has 1 heterocycles. The molecular weight excluding hydrogens is 256 g/mol. The third-order valence-corrected chi connectivity index (χ3v) is 5.32. The van der Waals surface area contributed by atoms with Crippen molar-refractivity contribution in [2.45, 2.75) is 57.9 Å². The molecule has 0 aromatic carbocycles. The van der Waals surface area contributed by atoms with Crippen molar-refractivity contribution in [3.63, 3.8) is 0 Å². The lowest BCUT2D eigenvalue weighted by Gasteiger charge is -2.39. The maximum atomic E-state index is 5.98. The Morgan fingerprint density at radius 2 is 1.95 bits per heavy atom. The van der Waals surface area contributed by atoms with Crippen LogP contribution in [0.2, 0.25) is 5.15 Å². The lowest BCUT2D eigenvalue weighted by Crippen LogP contribution is -2.34. The topological polar surface area (TPSA) is 24.9 Å². The van der Waals surface area contributed by atoms with Gasteiger partial charge in [0, 0.05) is 6.04 Å². The second-order valence-electron chi connectivity index (χ2n) is 6.29. The van der Waals surface area contributed by atoms with Crippen molar-refractivity contribution in [1.82, 2.24) is 4.98 Å². The van der Waals surface area contributed by atoms with E-state index in [0.29, 0.717) is 11.2 Å². The molecule has 1 aromatic rings. The molecule has 2 aliphatic carbocycles. The first-order valence-electron chi connectivity index (χ1n) is 7.61. The van der Waals surface area contributed by atoms with E-state index in [1.54, 1.807) is 0 Å². The molecule has 104 valence electrons.